The van der Waals surface area contributed by atoms with Crippen LogP contribution in [0.1, 0.15) is 37.5 Å². The van der Waals surface area contributed by atoms with Crippen LogP contribution < -0.4 is 20.7 Å². The molecule has 0 aliphatic carbocycles. The van der Waals surface area contributed by atoms with E-state index in [4.69, 9.17) is 9.47 Å². The standard InChI is InChI=1S/C24H23O3P/c1-3-22-21-15-24(23(27-17(2)25)14-18(21)16-26-22)28(19-10-6-4-7-11-19)20-12-8-5-9-13-20/h4-15,22H,3,16H2,1-2H3. The Morgan fingerprint density at radius 3 is 2.18 bits per heavy atom. The molecule has 0 bridgehead atoms. The van der Waals surface area contributed by atoms with E-state index in [0.29, 0.717) is 12.4 Å². The van der Waals surface area contributed by atoms with Gasteiger partial charge in [-0.25, -0.2) is 0 Å². The Hall–Kier alpha value is -2.48. The topological polar surface area (TPSA) is 35.5 Å². The molecule has 0 spiro atoms. The highest BCUT2D eigenvalue weighted by atomic mass is 31.1. The molecule has 28 heavy (non-hydrogen) atoms. The van der Waals surface area contributed by atoms with Gasteiger partial charge in [0, 0.05) is 12.2 Å². The van der Waals surface area contributed by atoms with Gasteiger partial charge in [-0.3, -0.25) is 4.79 Å². The maximum Gasteiger partial charge on any atom is 0.308 e. The number of hydrogen-bond donors (Lipinski definition) is 0. The van der Waals surface area contributed by atoms with Crippen molar-refractivity contribution in [2.75, 3.05) is 0 Å². The van der Waals surface area contributed by atoms with Gasteiger partial charge in [0.25, 0.3) is 0 Å². The summed E-state index contributed by atoms with van der Waals surface area (Å²) in [6.45, 7) is 4.16. The molecule has 3 nitrogen and oxygen atoms in total. The molecule has 1 unspecified atom stereocenters. The van der Waals surface area contributed by atoms with Gasteiger partial charge in [0.15, 0.2) is 0 Å². The van der Waals surface area contributed by atoms with Gasteiger partial charge < -0.3 is 9.47 Å². The number of carbonyl (C=O) groups excluding carboxylic acids is 1. The molecule has 0 amide bonds. The van der Waals surface area contributed by atoms with E-state index >= 15 is 0 Å². The number of fused-ring (bicyclic) bond motifs is 1. The molecule has 1 aliphatic heterocycles. The molecule has 4 heteroatoms. The quantitative estimate of drug-likeness (QED) is 0.369. The third-order valence-corrected chi connectivity index (χ3v) is 7.36. The van der Waals surface area contributed by atoms with Crippen LogP contribution in [0, 0.1) is 0 Å². The molecule has 4 rings (SSSR count). The van der Waals surface area contributed by atoms with Crippen LogP contribution in [0.15, 0.2) is 72.8 Å². The van der Waals surface area contributed by atoms with Crippen LogP contribution in [-0.4, -0.2) is 5.97 Å². The lowest BCUT2D eigenvalue weighted by Gasteiger charge is -2.23. The molecule has 0 fully saturated rings. The lowest BCUT2D eigenvalue weighted by atomic mass is 10.0. The van der Waals surface area contributed by atoms with Crippen LogP contribution >= 0.6 is 7.92 Å². The third kappa shape index (κ3) is 3.73. The Morgan fingerprint density at radius 1 is 1.04 bits per heavy atom. The molecular weight excluding hydrogens is 367 g/mol. The van der Waals surface area contributed by atoms with Gasteiger partial charge in [-0.05, 0) is 48.2 Å². The van der Waals surface area contributed by atoms with Gasteiger partial charge >= 0.3 is 5.97 Å². The molecule has 3 aromatic carbocycles. The van der Waals surface area contributed by atoms with E-state index in [1.165, 1.54) is 23.1 Å². The molecule has 0 radical (unpaired) electrons. The first-order valence-corrected chi connectivity index (χ1v) is 10.9. The average Bonchev–Trinajstić information content (AvgIpc) is 3.11. The lowest BCUT2D eigenvalue weighted by Crippen LogP contribution is -2.24. The SMILES string of the molecule is CCC1OCc2cc(OC(C)=O)c(P(c3ccccc3)c3ccccc3)cc21. The highest BCUT2D eigenvalue weighted by molar-refractivity contribution is 7.80. The molecule has 1 atom stereocenters. The Kier molecular flexibility index (Phi) is 5.57. The fourth-order valence-electron chi connectivity index (χ4n) is 3.66. The first kappa shape index (κ1) is 18.9. The minimum Gasteiger partial charge on any atom is -0.426 e. The van der Waals surface area contributed by atoms with Crippen LogP contribution in [0.4, 0.5) is 0 Å². The highest BCUT2D eigenvalue weighted by Crippen LogP contribution is 2.41. The molecule has 1 heterocycles. The van der Waals surface area contributed by atoms with Crippen LogP contribution in [0.2, 0.25) is 0 Å². The zero-order chi connectivity index (χ0) is 19.5. The van der Waals surface area contributed by atoms with Crippen molar-refractivity contribution in [3.05, 3.63) is 83.9 Å². The molecule has 1 aliphatic rings. The monoisotopic (exact) mass is 390 g/mol. The predicted molar refractivity (Wildman–Crippen MR) is 114 cm³/mol. The third-order valence-electron chi connectivity index (χ3n) is 4.90. The van der Waals surface area contributed by atoms with Crippen LogP contribution in [0.5, 0.6) is 5.75 Å². The van der Waals surface area contributed by atoms with Gasteiger partial charge in [-0.2, -0.15) is 0 Å². The van der Waals surface area contributed by atoms with Crippen LogP contribution in [0.25, 0.3) is 0 Å². The highest BCUT2D eigenvalue weighted by Gasteiger charge is 2.28. The fourth-order valence-corrected chi connectivity index (χ4v) is 6.06. The van der Waals surface area contributed by atoms with Gasteiger partial charge in [0.1, 0.15) is 5.75 Å². The zero-order valence-corrected chi connectivity index (χ0v) is 17.0. The number of benzene rings is 3. The van der Waals surface area contributed by atoms with Crippen molar-refractivity contribution in [3.8, 4) is 5.75 Å². The van der Waals surface area contributed by atoms with Crippen molar-refractivity contribution < 1.29 is 14.3 Å². The minimum atomic E-state index is -0.861. The average molecular weight is 390 g/mol. The van der Waals surface area contributed by atoms with Crippen molar-refractivity contribution >= 4 is 29.8 Å². The first-order valence-electron chi connectivity index (χ1n) is 9.54. The fraction of sp³-hybridized carbons (Fsp3) is 0.208. The lowest BCUT2D eigenvalue weighted by molar-refractivity contribution is -0.131. The van der Waals surface area contributed by atoms with E-state index in [-0.39, 0.29) is 12.1 Å². The molecule has 0 N–H and O–H groups in total. The second kappa shape index (κ2) is 8.26. The first-order chi connectivity index (χ1) is 13.7. The molecule has 142 valence electrons. The van der Waals surface area contributed by atoms with Crippen molar-refractivity contribution in [3.63, 3.8) is 0 Å². The largest absolute Gasteiger partial charge is 0.426 e. The van der Waals surface area contributed by atoms with Gasteiger partial charge in [-0.1, -0.05) is 67.6 Å². The molecule has 0 saturated carbocycles. The van der Waals surface area contributed by atoms with Crippen molar-refractivity contribution in [2.24, 2.45) is 0 Å². The van der Waals surface area contributed by atoms with Crippen molar-refractivity contribution in [1.29, 1.82) is 0 Å². The van der Waals surface area contributed by atoms with Crippen LogP contribution in [-0.2, 0) is 16.1 Å². The Labute approximate surface area is 167 Å². The van der Waals surface area contributed by atoms with E-state index in [2.05, 4.69) is 61.5 Å². The summed E-state index contributed by atoms with van der Waals surface area (Å²) in [5.74, 6) is 0.341. The van der Waals surface area contributed by atoms with Gasteiger partial charge in [0.05, 0.1) is 12.7 Å². The summed E-state index contributed by atoms with van der Waals surface area (Å²) in [6, 6.07) is 25.1. The van der Waals surface area contributed by atoms with Gasteiger partial charge in [-0.15, -0.1) is 0 Å². The number of esters is 1. The number of ether oxygens (including phenoxy) is 2. The summed E-state index contributed by atoms with van der Waals surface area (Å²) in [6.07, 6.45) is 1.03. The van der Waals surface area contributed by atoms with E-state index < -0.39 is 7.92 Å². The second-order valence-corrected chi connectivity index (χ2v) is 9.01. The van der Waals surface area contributed by atoms with E-state index in [1.807, 2.05) is 18.2 Å². The van der Waals surface area contributed by atoms with E-state index in [0.717, 1.165) is 17.3 Å². The van der Waals surface area contributed by atoms with E-state index in [1.54, 1.807) is 0 Å². The van der Waals surface area contributed by atoms with Crippen molar-refractivity contribution in [1.82, 2.24) is 0 Å². The summed E-state index contributed by atoms with van der Waals surface area (Å²) < 4.78 is 11.6. The number of hydrogen-bond acceptors (Lipinski definition) is 3. The van der Waals surface area contributed by atoms with Crippen LogP contribution in [0.3, 0.4) is 0 Å². The summed E-state index contributed by atoms with van der Waals surface area (Å²) in [5.41, 5.74) is 2.33. The van der Waals surface area contributed by atoms with Gasteiger partial charge in [0.2, 0.25) is 0 Å². The second-order valence-electron chi connectivity index (χ2n) is 6.83. The predicted octanol–water partition coefficient (Wildman–Crippen LogP) is 4.35. The Bertz CT molecular complexity index is 930. The minimum absolute atomic E-state index is 0.100. The summed E-state index contributed by atoms with van der Waals surface area (Å²) in [4.78, 5) is 11.8. The normalized spacial score (nSPS) is 15.5. The molecule has 3 aromatic rings. The summed E-state index contributed by atoms with van der Waals surface area (Å²) >= 11 is 0. The van der Waals surface area contributed by atoms with Crippen molar-refractivity contribution in [2.45, 2.75) is 33.0 Å². The molecule has 0 saturated heterocycles. The summed E-state index contributed by atoms with van der Waals surface area (Å²) in [7, 11) is -0.861. The smallest absolute Gasteiger partial charge is 0.308 e. The number of rotatable bonds is 5. The number of carbonyl (C=O) groups is 1. The summed E-state index contributed by atoms with van der Waals surface area (Å²) in [5, 5.41) is 3.51. The maximum atomic E-state index is 11.8. The van der Waals surface area contributed by atoms with E-state index in [9.17, 15) is 4.79 Å². The zero-order valence-electron chi connectivity index (χ0n) is 16.1. The molecule has 0 aromatic heterocycles. The Morgan fingerprint density at radius 2 is 1.64 bits per heavy atom. The maximum absolute atomic E-state index is 11.8. The molecular formula is C24H23O3P. The Balaban J connectivity index is 1.93.